The number of anilines is 1. The lowest BCUT2D eigenvalue weighted by Gasteiger charge is -2.16. The Hall–Kier alpha value is -1.70. The van der Waals surface area contributed by atoms with E-state index in [1.54, 1.807) is 12.5 Å². The summed E-state index contributed by atoms with van der Waals surface area (Å²) in [5, 5.41) is 3.36. The minimum Gasteiger partial charge on any atom is -0.473 e. The quantitative estimate of drug-likeness (QED) is 0.707. The van der Waals surface area contributed by atoms with Gasteiger partial charge in [0.2, 0.25) is 0 Å². The lowest BCUT2D eigenvalue weighted by molar-refractivity contribution is 0.567. The van der Waals surface area contributed by atoms with Gasteiger partial charge in [0.25, 0.3) is 0 Å². The van der Waals surface area contributed by atoms with Crippen LogP contribution in [0.2, 0.25) is 0 Å². The van der Waals surface area contributed by atoms with E-state index in [1.165, 1.54) is 24.1 Å². The number of fused-ring (bicyclic) bond motifs is 1. The third-order valence-electron chi connectivity index (χ3n) is 2.38. The first kappa shape index (κ1) is 9.84. The number of nitrogens with one attached hydrogen (secondary N) is 1. The Morgan fingerprint density at radius 2 is 1.80 bits per heavy atom. The lowest BCUT2D eigenvalue weighted by Crippen LogP contribution is -2.10. The molecule has 1 aliphatic heterocycles. The van der Waals surface area contributed by atoms with E-state index in [4.69, 9.17) is 0 Å². The Kier molecular flexibility index (Phi) is 3.44. The van der Waals surface area contributed by atoms with E-state index < -0.39 is 0 Å². The summed E-state index contributed by atoms with van der Waals surface area (Å²) in [7, 11) is 0. The molecule has 0 atom stereocenters. The summed E-state index contributed by atoms with van der Waals surface area (Å²) in [6.07, 6.45) is 5.76. The van der Waals surface area contributed by atoms with Crippen molar-refractivity contribution in [3.63, 3.8) is 0 Å². The zero-order valence-electron chi connectivity index (χ0n) is 8.65. The van der Waals surface area contributed by atoms with Crippen molar-refractivity contribution >= 4 is 5.69 Å². The van der Waals surface area contributed by atoms with Crippen LogP contribution in [0.15, 0.2) is 53.3 Å². The molecule has 78 valence electrons. The molecule has 0 spiro atoms. The molecule has 1 aromatic carbocycles. The van der Waals surface area contributed by atoms with Crippen LogP contribution in [-0.4, -0.2) is 6.54 Å². The molecule has 0 fully saturated rings. The van der Waals surface area contributed by atoms with Gasteiger partial charge in [0.05, 0.1) is 12.5 Å². The largest absolute Gasteiger partial charge is 0.473 e. The maximum Gasteiger partial charge on any atom is 0.0902 e. The summed E-state index contributed by atoms with van der Waals surface area (Å²) in [6.45, 7) is 1.14. The first-order valence-electron chi connectivity index (χ1n) is 5.26. The highest BCUT2D eigenvalue weighted by atomic mass is 16.3. The average Bonchev–Trinajstić information content (AvgIpc) is 2.88. The third-order valence-corrected chi connectivity index (χ3v) is 2.38. The Bertz CT molecular complexity index is 339. The van der Waals surface area contributed by atoms with Crippen molar-refractivity contribution in [2.24, 2.45) is 0 Å². The normalized spacial score (nSPS) is 13.1. The van der Waals surface area contributed by atoms with Crippen LogP contribution in [0.1, 0.15) is 12.0 Å². The highest BCUT2D eigenvalue weighted by Gasteiger charge is 2.04. The molecule has 0 radical (unpaired) electrons. The van der Waals surface area contributed by atoms with Gasteiger partial charge in [0.15, 0.2) is 0 Å². The van der Waals surface area contributed by atoms with Crippen molar-refractivity contribution in [2.45, 2.75) is 12.8 Å². The van der Waals surface area contributed by atoms with E-state index in [0.29, 0.717) is 0 Å². The number of benzene rings is 1. The van der Waals surface area contributed by atoms with E-state index in [0.717, 1.165) is 6.54 Å². The Balaban J connectivity index is 0.000000144. The second-order valence-corrected chi connectivity index (χ2v) is 3.48. The van der Waals surface area contributed by atoms with Crippen molar-refractivity contribution in [3.8, 4) is 0 Å². The smallest absolute Gasteiger partial charge is 0.0902 e. The van der Waals surface area contributed by atoms with Gasteiger partial charge < -0.3 is 9.73 Å². The number of para-hydroxylation sites is 1. The summed E-state index contributed by atoms with van der Waals surface area (Å²) in [5.74, 6) is 0. The number of furan rings is 1. The molecule has 3 rings (SSSR count). The summed E-state index contributed by atoms with van der Waals surface area (Å²) < 4.78 is 4.58. The van der Waals surface area contributed by atoms with E-state index >= 15 is 0 Å². The van der Waals surface area contributed by atoms with Crippen molar-refractivity contribution in [1.82, 2.24) is 0 Å². The van der Waals surface area contributed by atoms with Crippen molar-refractivity contribution < 1.29 is 4.42 Å². The average molecular weight is 201 g/mol. The van der Waals surface area contributed by atoms with Crippen LogP contribution in [0.25, 0.3) is 0 Å². The van der Waals surface area contributed by atoms with Gasteiger partial charge in [-0.2, -0.15) is 0 Å². The molecule has 15 heavy (non-hydrogen) atoms. The van der Waals surface area contributed by atoms with E-state index in [2.05, 4.69) is 34.0 Å². The number of rotatable bonds is 0. The number of hydrogen-bond acceptors (Lipinski definition) is 2. The summed E-state index contributed by atoms with van der Waals surface area (Å²) in [5.41, 5.74) is 2.79. The fourth-order valence-corrected chi connectivity index (χ4v) is 1.64. The SMILES string of the molecule is c1ccc2c(c1)CCCN2.c1ccoc1. The summed E-state index contributed by atoms with van der Waals surface area (Å²) in [4.78, 5) is 0. The van der Waals surface area contributed by atoms with Crippen molar-refractivity contribution in [2.75, 3.05) is 11.9 Å². The van der Waals surface area contributed by atoms with Crippen LogP contribution in [0.5, 0.6) is 0 Å². The first-order chi connectivity index (χ1) is 7.47. The van der Waals surface area contributed by atoms with Gasteiger partial charge >= 0.3 is 0 Å². The predicted octanol–water partition coefficient (Wildman–Crippen LogP) is 3.32. The van der Waals surface area contributed by atoms with E-state index in [-0.39, 0.29) is 0 Å². The molecule has 1 aliphatic rings. The minimum absolute atomic E-state index is 1.14. The number of hydrogen-bond donors (Lipinski definition) is 1. The Labute approximate surface area is 89.9 Å². The Morgan fingerprint density at radius 3 is 2.47 bits per heavy atom. The highest BCUT2D eigenvalue weighted by Crippen LogP contribution is 2.20. The topological polar surface area (TPSA) is 25.2 Å². The maximum absolute atomic E-state index is 4.58. The van der Waals surface area contributed by atoms with E-state index in [1.807, 2.05) is 12.1 Å². The standard InChI is InChI=1S/C9H11N.C4H4O/c1-2-6-9-8(4-1)5-3-7-10-9;1-2-4-5-3-1/h1-2,4,6,10H,3,5,7H2;1-4H. The molecule has 0 bridgehead atoms. The molecule has 2 heteroatoms. The van der Waals surface area contributed by atoms with Gasteiger partial charge in [0, 0.05) is 12.2 Å². The van der Waals surface area contributed by atoms with E-state index in [9.17, 15) is 0 Å². The fourth-order valence-electron chi connectivity index (χ4n) is 1.64. The maximum atomic E-state index is 4.58. The highest BCUT2D eigenvalue weighted by molar-refractivity contribution is 5.52. The lowest BCUT2D eigenvalue weighted by atomic mass is 10.0. The van der Waals surface area contributed by atoms with Gasteiger partial charge in [-0.1, -0.05) is 18.2 Å². The molecule has 0 saturated heterocycles. The molecule has 0 aliphatic carbocycles. The third kappa shape index (κ3) is 2.88. The fraction of sp³-hybridized carbons (Fsp3) is 0.231. The van der Waals surface area contributed by atoms with Crippen LogP contribution in [-0.2, 0) is 6.42 Å². The molecule has 1 N–H and O–H groups in total. The zero-order chi connectivity index (χ0) is 10.3. The van der Waals surface area contributed by atoms with Crippen LogP contribution in [0, 0.1) is 0 Å². The second-order valence-electron chi connectivity index (χ2n) is 3.48. The molecule has 2 heterocycles. The van der Waals surface area contributed by atoms with Crippen molar-refractivity contribution in [3.05, 3.63) is 54.5 Å². The molecule has 1 aromatic heterocycles. The van der Waals surface area contributed by atoms with Crippen LogP contribution < -0.4 is 5.32 Å². The molecule has 0 amide bonds. The van der Waals surface area contributed by atoms with Gasteiger partial charge in [-0.25, -0.2) is 0 Å². The van der Waals surface area contributed by atoms with Crippen LogP contribution in [0.4, 0.5) is 5.69 Å². The summed E-state index contributed by atoms with van der Waals surface area (Å²) in [6, 6.07) is 12.2. The minimum atomic E-state index is 1.14. The van der Waals surface area contributed by atoms with Gasteiger partial charge in [0.1, 0.15) is 0 Å². The number of aryl methyl sites for hydroxylation is 1. The molecule has 0 saturated carbocycles. The molecule has 0 unspecified atom stereocenters. The van der Waals surface area contributed by atoms with Crippen LogP contribution in [0.3, 0.4) is 0 Å². The molecular formula is C13H15NO. The zero-order valence-corrected chi connectivity index (χ0v) is 8.65. The monoisotopic (exact) mass is 201 g/mol. The first-order valence-corrected chi connectivity index (χ1v) is 5.26. The van der Waals surface area contributed by atoms with Crippen LogP contribution >= 0.6 is 0 Å². The van der Waals surface area contributed by atoms with Gasteiger partial charge in [-0.3, -0.25) is 0 Å². The van der Waals surface area contributed by atoms with Gasteiger partial charge in [-0.15, -0.1) is 0 Å². The molecular weight excluding hydrogens is 186 g/mol. The molecule has 2 nitrogen and oxygen atoms in total. The van der Waals surface area contributed by atoms with Crippen molar-refractivity contribution in [1.29, 1.82) is 0 Å². The Morgan fingerprint density at radius 1 is 1.00 bits per heavy atom. The molecule has 2 aromatic rings. The summed E-state index contributed by atoms with van der Waals surface area (Å²) >= 11 is 0. The predicted molar refractivity (Wildman–Crippen MR) is 62.0 cm³/mol. The second kappa shape index (κ2) is 5.25. The van der Waals surface area contributed by atoms with Gasteiger partial charge in [-0.05, 0) is 36.6 Å².